The molecule has 0 N–H and O–H groups in total. The molecule has 1 aromatic rings. The molecule has 19 heavy (non-hydrogen) atoms. The third kappa shape index (κ3) is 2.43. The Hall–Kier alpha value is -1.23. The lowest BCUT2D eigenvalue weighted by atomic mass is 9.82. The largest absolute Gasteiger partial charge is 0.372 e. The number of anilines is 1. The zero-order valence-electron chi connectivity index (χ0n) is 11.5. The second kappa shape index (κ2) is 5.04. The molecule has 104 valence electrons. The lowest BCUT2D eigenvalue weighted by Gasteiger charge is -2.36. The standard InChI is InChI=1S/C14H20FN3O/c1-9-6-18(7-10(2)19-9)14-12(15)13(16-8-17-14)11-4-3-5-11/h8-11H,3-7H2,1-2H3. The van der Waals surface area contributed by atoms with Crippen LogP contribution in [0.2, 0.25) is 0 Å². The van der Waals surface area contributed by atoms with Crippen LogP contribution >= 0.6 is 0 Å². The van der Waals surface area contributed by atoms with Crippen LogP contribution in [-0.4, -0.2) is 35.3 Å². The van der Waals surface area contributed by atoms with Gasteiger partial charge in [0.25, 0.3) is 0 Å². The van der Waals surface area contributed by atoms with Crippen molar-refractivity contribution < 1.29 is 9.13 Å². The molecule has 0 bridgehead atoms. The van der Waals surface area contributed by atoms with Gasteiger partial charge in [0, 0.05) is 19.0 Å². The number of aromatic nitrogens is 2. The second-order valence-electron chi connectivity index (χ2n) is 5.69. The average Bonchev–Trinajstić information content (AvgIpc) is 2.28. The Morgan fingerprint density at radius 1 is 1.21 bits per heavy atom. The molecule has 3 rings (SSSR count). The third-order valence-corrected chi connectivity index (χ3v) is 4.01. The molecule has 2 aliphatic rings. The van der Waals surface area contributed by atoms with Gasteiger partial charge in [0.1, 0.15) is 6.33 Å². The van der Waals surface area contributed by atoms with Gasteiger partial charge < -0.3 is 9.64 Å². The van der Waals surface area contributed by atoms with Crippen molar-refractivity contribution in [3.05, 3.63) is 17.8 Å². The van der Waals surface area contributed by atoms with Crippen molar-refractivity contribution in [1.29, 1.82) is 0 Å². The van der Waals surface area contributed by atoms with E-state index < -0.39 is 0 Å². The van der Waals surface area contributed by atoms with E-state index in [1.807, 2.05) is 18.7 Å². The fourth-order valence-corrected chi connectivity index (χ4v) is 2.91. The summed E-state index contributed by atoms with van der Waals surface area (Å²) in [6, 6.07) is 0. The molecule has 2 atom stereocenters. The number of hydrogen-bond acceptors (Lipinski definition) is 4. The van der Waals surface area contributed by atoms with Crippen molar-refractivity contribution in [3.8, 4) is 0 Å². The second-order valence-corrected chi connectivity index (χ2v) is 5.69. The number of halogens is 1. The molecule has 0 aromatic carbocycles. The molecule has 1 aromatic heterocycles. The molecular formula is C14H20FN3O. The fourth-order valence-electron chi connectivity index (χ4n) is 2.91. The summed E-state index contributed by atoms with van der Waals surface area (Å²) in [6.07, 6.45) is 4.97. The Kier molecular flexibility index (Phi) is 3.39. The van der Waals surface area contributed by atoms with Crippen molar-refractivity contribution >= 4 is 5.82 Å². The summed E-state index contributed by atoms with van der Waals surface area (Å²) in [6.45, 7) is 5.38. The van der Waals surface area contributed by atoms with Gasteiger partial charge in [-0.1, -0.05) is 6.42 Å². The lowest BCUT2D eigenvalue weighted by Crippen LogP contribution is -2.46. The van der Waals surface area contributed by atoms with Gasteiger partial charge in [-0.15, -0.1) is 0 Å². The summed E-state index contributed by atoms with van der Waals surface area (Å²) in [4.78, 5) is 10.3. The van der Waals surface area contributed by atoms with Crippen LogP contribution < -0.4 is 4.90 Å². The van der Waals surface area contributed by atoms with Crippen molar-refractivity contribution in [3.63, 3.8) is 0 Å². The van der Waals surface area contributed by atoms with Crippen LogP contribution in [0.1, 0.15) is 44.7 Å². The summed E-state index contributed by atoms with van der Waals surface area (Å²) in [5, 5.41) is 0. The van der Waals surface area contributed by atoms with Crippen molar-refractivity contribution in [2.45, 2.75) is 51.2 Å². The zero-order valence-corrected chi connectivity index (χ0v) is 11.5. The monoisotopic (exact) mass is 265 g/mol. The summed E-state index contributed by atoms with van der Waals surface area (Å²) < 4.78 is 20.3. The van der Waals surface area contributed by atoms with Crippen LogP contribution in [0.25, 0.3) is 0 Å². The normalized spacial score (nSPS) is 28.3. The first kappa shape index (κ1) is 12.8. The SMILES string of the molecule is CC1CN(c2ncnc(C3CCC3)c2F)CC(C)O1. The molecule has 0 radical (unpaired) electrons. The summed E-state index contributed by atoms with van der Waals surface area (Å²) in [5.41, 5.74) is 0.600. The highest BCUT2D eigenvalue weighted by atomic mass is 19.1. The summed E-state index contributed by atoms with van der Waals surface area (Å²) >= 11 is 0. The summed E-state index contributed by atoms with van der Waals surface area (Å²) in [5.74, 6) is 0.505. The maximum Gasteiger partial charge on any atom is 0.187 e. The Bertz CT molecular complexity index is 454. The van der Waals surface area contributed by atoms with E-state index in [9.17, 15) is 4.39 Å². The smallest absolute Gasteiger partial charge is 0.187 e. The van der Waals surface area contributed by atoms with E-state index in [4.69, 9.17) is 4.74 Å². The van der Waals surface area contributed by atoms with Crippen LogP contribution in [0.4, 0.5) is 10.2 Å². The number of rotatable bonds is 2. The van der Waals surface area contributed by atoms with Crippen molar-refractivity contribution in [2.75, 3.05) is 18.0 Å². The third-order valence-electron chi connectivity index (χ3n) is 4.01. The quantitative estimate of drug-likeness (QED) is 0.823. The molecule has 0 amide bonds. The summed E-state index contributed by atoms with van der Waals surface area (Å²) in [7, 11) is 0. The minimum absolute atomic E-state index is 0.102. The number of nitrogens with zero attached hydrogens (tertiary/aromatic N) is 3. The maximum atomic E-state index is 14.6. The number of ether oxygens (including phenoxy) is 1. The molecule has 2 fully saturated rings. The minimum atomic E-state index is -0.228. The first-order chi connectivity index (χ1) is 9.15. The van der Waals surface area contributed by atoms with E-state index in [0.717, 1.165) is 12.8 Å². The highest BCUT2D eigenvalue weighted by Crippen LogP contribution is 2.38. The minimum Gasteiger partial charge on any atom is -0.372 e. The first-order valence-corrected chi connectivity index (χ1v) is 7.06. The topological polar surface area (TPSA) is 38.2 Å². The van der Waals surface area contributed by atoms with E-state index in [1.54, 1.807) is 0 Å². The predicted octanol–water partition coefficient (Wildman–Crippen LogP) is 2.50. The molecule has 0 spiro atoms. The van der Waals surface area contributed by atoms with Gasteiger partial charge in [-0.05, 0) is 26.7 Å². The van der Waals surface area contributed by atoms with E-state index >= 15 is 0 Å². The first-order valence-electron chi connectivity index (χ1n) is 7.06. The average molecular weight is 265 g/mol. The van der Waals surface area contributed by atoms with Crippen LogP contribution in [0.15, 0.2) is 6.33 Å². The maximum absolute atomic E-state index is 14.6. The molecule has 2 unspecified atom stereocenters. The lowest BCUT2D eigenvalue weighted by molar-refractivity contribution is -0.00568. The predicted molar refractivity (Wildman–Crippen MR) is 70.8 cm³/mol. The molecule has 5 heteroatoms. The molecule has 4 nitrogen and oxygen atoms in total. The number of hydrogen-bond donors (Lipinski definition) is 0. The van der Waals surface area contributed by atoms with Gasteiger partial charge >= 0.3 is 0 Å². The van der Waals surface area contributed by atoms with Gasteiger partial charge in [-0.25, -0.2) is 14.4 Å². The van der Waals surface area contributed by atoms with E-state index in [2.05, 4.69) is 9.97 Å². The van der Waals surface area contributed by atoms with E-state index in [1.165, 1.54) is 12.7 Å². The van der Waals surface area contributed by atoms with Crippen LogP contribution in [0.5, 0.6) is 0 Å². The van der Waals surface area contributed by atoms with Crippen molar-refractivity contribution in [2.24, 2.45) is 0 Å². The van der Waals surface area contributed by atoms with Gasteiger partial charge in [-0.2, -0.15) is 0 Å². The molecule has 2 heterocycles. The van der Waals surface area contributed by atoms with Gasteiger partial charge in [0.2, 0.25) is 0 Å². The molecule has 1 saturated carbocycles. The Labute approximate surface area is 113 Å². The van der Waals surface area contributed by atoms with E-state index in [-0.39, 0.29) is 23.9 Å². The Morgan fingerprint density at radius 2 is 1.89 bits per heavy atom. The van der Waals surface area contributed by atoms with Gasteiger partial charge in [0.15, 0.2) is 11.6 Å². The molecule has 1 aliphatic heterocycles. The van der Waals surface area contributed by atoms with E-state index in [0.29, 0.717) is 24.6 Å². The Balaban J connectivity index is 1.87. The fraction of sp³-hybridized carbons (Fsp3) is 0.714. The number of morpholine rings is 1. The van der Waals surface area contributed by atoms with Gasteiger partial charge in [-0.3, -0.25) is 0 Å². The van der Waals surface area contributed by atoms with Crippen molar-refractivity contribution in [1.82, 2.24) is 9.97 Å². The highest BCUT2D eigenvalue weighted by molar-refractivity contribution is 5.42. The molecule has 1 aliphatic carbocycles. The van der Waals surface area contributed by atoms with Gasteiger partial charge in [0.05, 0.1) is 17.9 Å². The Morgan fingerprint density at radius 3 is 2.47 bits per heavy atom. The van der Waals surface area contributed by atoms with Crippen LogP contribution in [0.3, 0.4) is 0 Å². The molecule has 1 saturated heterocycles. The zero-order chi connectivity index (χ0) is 13.4. The van der Waals surface area contributed by atoms with Crippen LogP contribution in [0, 0.1) is 5.82 Å². The highest BCUT2D eigenvalue weighted by Gasteiger charge is 2.30. The van der Waals surface area contributed by atoms with Crippen LogP contribution in [-0.2, 0) is 4.74 Å². The molecular weight excluding hydrogens is 245 g/mol.